The van der Waals surface area contributed by atoms with Crippen molar-refractivity contribution in [3.8, 4) is 5.88 Å². The van der Waals surface area contributed by atoms with Crippen LogP contribution in [0.4, 0.5) is 11.5 Å². The molecule has 20 heavy (non-hydrogen) atoms. The fourth-order valence-electron chi connectivity index (χ4n) is 1.64. The zero-order valence-electron chi connectivity index (χ0n) is 10.5. The lowest BCUT2D eigenvalue weighted by Gasteiger charge is -2.08. The average Bonchev–Trinajstić information content (AvgIpc) is 2.44. The normalized spacial score (nSPS) is 10.1. The first-order valence-electron chi connectivity index (χ1n) is 5.63. The molecule has 0 aliphatic heterocycles. The first kappa shape index (κ1) is 14.2. The minimum Gasteiger partial charge on any atom is -0.476 e. The van der Waals surface area contributed by atoms with E-state index in [1.165, 1.54) is 13.4 Å². The van der Waals surface area contributed by atoms with E-state index in [0.717, 1.165) is 10.0 Å². The Balaban J connectivity index is 2.23. The Morgan fingerprint density at radius 1 is 1.45 bits per heavy atom. The summed E-state index contributed by atoms with van der Waals surface area (Å²) in [6.45, 7) is 0.403. The summed E-state index contributed by atoms with van der Waals surface area (Å²) in [5, 5.41) is 14.0. The second-order valence-electron chi connectivity index (χ2n) is 3.82. The van der Waals surface area contributed by atoms with E-state index in [1.54, 1.807) is 0 Å². The Bertz CT molecular complexity index is 636. The van der Waals surface area contributed by atoms with Crippen LogP contribution in [0.3, 0.4) is 0 Å². The van der Waals surface area contributed by atoms with Gasteiger partial charge in [0.15, 0.2) is 0 Å². The maximum Gasteiger partial charge on any atom is 0.372 e. The van der Waals surface area contributed by atoms with E-state index in [0.29, 0.717) is 6.54 Å². The van der Waals surface area contributed by atoms with Crippen molar-refractivity contribution < 1.29 is 9.66 Å². The molecule has 0 amide bonds. The van der Waals surface area contributed by atoms with Gasteiger partial charge in [-0.3, -0.25) is 10.1 Å². The summed E-state index contributed by atoms with van der Waals surface area (Å²) in [6, 6.07) is 7.61. The third-order valence-corrected chi connectivity index (χ3v) is 3.01. The summed E-state index contributed by atoms with van der Waals surface area (Å²) < 4.78 is 5.81. The first-order chi connectivity index (χ1) is 9.61. The second kappa shape index (κ2) is 6.29. The van der Waals surface area contributed by atoms with E-state index in [9.17, 15) is 10.1 Å². The van der Waals surface area contributed by atoms with Crippen LogP contribution in [0.25, 0.3) is 0 Å². The minimum absolute atomic E-state index is 0.0678. The summed E-state index contributed by atoms with van der Waals surface area (Å²) >= 11 is 3.37. The molecular weight excluding hydrogens is 328 g/mol. The average molecular weight is 339 g/mol. The summed E-state index contributed by atoms with van der Waals surface area (Å²) in [7, 11) is 1.33. The molecule has 2 rings (SSSR count). The highest BCUT2D eigenvalue weighted by molar-refractivity contribution is 9.10. The number of halogens is 1. The van der Waals surface area contributed by atoms with Gasteiger partial charge in [0.2, 0.25) is 5.82 Å². The number of anilines is 1. The van der Waals surface area contributed by atoms with Gasteiger partial charge < -0.3 is 10.1 Å². The van der Waals surface area contributed by atoms with E-state index in [1.807, 2.05) is 24.3 Å². The molecular formula is C12H11BrN4O3. The molecule has 0 saturated carbocycles. The number of aromatic nitrogens is 2. The molecule has 0 spiro atoms. The van der Waals surface area contributed by atoms with Gasteiger partial charge in [0.1, 0.15) is 6.33 Å². The number of nitrogens with one attached hydrogen (secondary N) is 1. The van der Waals surface area contributed by atoms with Crippen LogP contribution in [0.15, 0.2) is 35.1 Å². The highest BCUT2D eigenvalue weighted by Crippen LogP contribution is 2.30. The van der Waals surface area contributed by atoms with Crippen molar-refractivity contribution in [3.63, 3.8) is 0 Å². The number of benzene rings is 1. The van der Waals surface area contributed by atoms with E-state index < -0.39 is 4.92 Å². The molecule has 0 fully saturated rings. The molecule has 1 heterocycles. The maximum absolute atomic E-state index is 11.1. The summed E-state index contributed by atoms with van der Waals surface area (Å²) in [4.78, 5) is 18.1. The smallest absolute Gasteiger partial charge is 0.372 e. The van der Waals surface area contributed by atoms with Crippen molar-refractivity contribution in [1.82, 2.24) is 9.97 Å². The highest BCUT2D eigenvalue weighted by atomic mass is 79.9. The molecule has 0 atom stereocenters. The van der Waals surface area contributed by atoms with Crippen molar-refractivity contribution in [1.29, 1.82) is 0 Å². The SMILES string of the molecule is COc1ncnc(NCc2cccc(Br)c2)c1[N+](=O)[O-]. The van der Waals surface area contributed by atoms with Crippen molar-refractivity contribution in [2.75, 3.05) is 12.4 Å². The molecule has 0 aliphatic carbocycles. The zero-order valence-corrected chi connectivity index (χ0v) is 12.1. The summed E-state index contributed by atoms with van der Waals surface area (Å²) in [5.41, 5.74) is 0.691. The molecule has 0 bridgehead atoms. The van der Waals surface area contributed by atoms with Gasteiger partial charge in [-0.15, -0.1) is 0 Å². The number of hydrogen-bond donors (Lipinski definition) is 1. The van der Waals surface area contributed by atoms with Crippen LogP contribution >= 0.6 is 15.9 Å². The van der Waals surface area contributed by atoms with Crippen LogP contribution in [0.1, 0.15) is 5.56 Å². The molecule has 0 saturated heterocycles. The van der Waals surface area contributed by atoms with Crippen LogP contribution in [0.2, 0.25) is 0 Å². The molecule has 0 unspecified atom stereocenters. The van der Waals surface area contributed by atoms with Crippen molar-refractivity contribution >= 4 is 27.4 Å². The van der Waals surface area contributed by atoms with Gasteiger partial charge in [-0.2, -0.15) is 4.98 Å². The maximum atomic E-state index is 11.1. The van der Waals surface area contributed by atoms with Gasteiger partial charge in [-0.1, -0.05) is 28.1 Å². The highest BCUT2D eigenvalue weighted by Gasteiger charge is 2.23. The number of hydrogen-bond acceptors (Lipinski definition) is 6. The van der Waals surface area contributed by atoms with Gasteiger partial charge in [-0.25, -0.2) is 4.98 Å². The van der Waals surface area contributed by atoms with Crippen molar-refractivity contribution in [3.05, 3.63) is 50.7 Å². The molecule has 104 valence electrons. The van der Waals surface area contributed by atoms with Gasteiger partial charge in [0, 0.05) is 11.0 Å². The van der Waals surface area contributed by atoms with E-state index in [-0.39, 0.29) is 17.4 Å². The number of nitrogens with zero attached hydrogens (tertiary/aromatic N) is 3. The van der Waals surface area contributed by atoms with Gasteiger partial charge in [0.05, 0.1) is 12.0 Å². The molecule has 0 aliphatic rings. The van der Waals surface area contributed by atoms with Crippen LogP contribution in [-0.4, -0.2) is 22.0 Å². The monoisotopic (exact) mass is 338 g/mol. The summed E-state index contributed by atoms with van der Waals surface area (Å²) in [5.74, 6) is 0.0589. The van der Waals surface area contributed by atoms with Crippen molar-refractivity contribution in [2.45, 2.75) is 6.54 Å². The third kappa shape index (κ3) is 3.21. The predicted octanol–water partition coefficient (Wildman–Crippen LogP) is 2.77. The van der Waals surface area contributed by atoms with Gasteiger partial charge >= 0.3 is 5.69 Å². The standard InChI is InChI=1S/C12H11BrN4O3/c1-20-12-10(17(18)19)11(15-7-16-12)14-6-8-3-2-4-9(13)5-8/h2-5,7H,6H2,1H3,(H,14,15,16). The van der Waals surface area contributed by atoms with E-state index >= 15 is 0 Å². The fourth-order valence-corrected chi connectivity index (χ4v) is 2.09. The molecule has 2 aromatic rings. The van der Waals surface area contributed by atoms with Crippen LogP contribution in [0.5, 0.6) is 5.88 Å². The Morgan fingerprint density at radius 2 is 2.25 bits per heavy atom. The lowest BCUT2D eigenvalue weighted by molar-refractivity contribution is -0.385. The lowest BCUT2D eigenvalue weighted by atomic mass is 10.2. The van der Waals surface area contributed by atoms with Gasteiger partial charge in [-0.05, 0) is 17.7 Å². The number of methoxy groups -OCH3 is 1. The van der Waals surface area contributed by atoms with Crippen molar-refractivity contribution in [2.24, 2.45) is 0 Å². The lowest BCUT2D eigenvalue weighted by Crippen LogP contribution is -2.07. The van der Waals surface area contributed by atoms with E-state index in [2.05, 4.69) is 31.2 Å². The molecule has 1 aromatic carbocycles. The number of ether oxygens (including phenoxy) is 1. The van der Waals surface area contributed by atoms with E-state index in [4.69, 9.17) is 4.74 Å². The molecule has 8 heteroatoms. The quantitative estimate of drug-likeness (QED) is 0.665. The third-order valence-electron chi connectivity index (χ3n) is 2.51. The number of rotatable bonds is 5. The second-order valence-corrected chi connectivity index (χ2v) is 4.74. The largest absolute Gasteiger partial charge is 0.476 e. The molecule has 0 radical (unpaired) electrons. The minimum atomic E-state index is -0.567. The Labute approximate surface area is 123 Å². The van der Waals surface area contributed by atoms with Crippen LogP contribution in [0, 0.1) is 10.1 Å². The van der Waals surface area contributed by atoms with Crippen LogP contribution in [-0.2, 0) is 6.54 Å². The Hall–Kier alpha value is -2.22. The van der Waals surface area contributed by atoms with Gasteiger partial charge in [0.25, 0.3) is 5.88 Å². The molecule has 7 nitrogen and oxygen atoms in total. The molecule has 1 aromatic heterocycles. The topological polar surface area (TPSA) is 90.2 Å². The number of nitro groups is 1. The Morgan fingerprint density at radius 3 is 2.90 bits per heavy atom. The zero-order chi connectivity index (χ0) is 14.5. The summed E-state index contributed by atoms with van der Waals surface area (Å²) in [6.07, 6.45) is 1.22. The van der Waals surface area contributed by atoms with Crippen LogP contribution < -0.4 is 10.1 Å². The fraction of sp³-hybridized carbons (Fsp3) is 0.167. The first-order valence-corrected chi connectivity index (χ1v) is 6.43. The molecule has 1 N–H and O–H groups in total. The Kier molecular flexibility index (Phi) is 4.46. The predicted molar refractivity (Wildman–Crippen MR) is 76.7 cm³/mol.